The van der Waals surface area contributed by atoms with Gasteiger partial charge in [-0.2, -0.15) is 0 Å². The van der Waals surface area contributed by atoms with Crippen molar-refractivity contribution in [2.75, 3.05) is 0 Å². The Hall–Kier alpha value is -0.770. The molecule has 0 bridgehead atoms. The van der Waals surface area contributed by atoms with Crippen molar-refractivity contribution >= 4 is 12.9 Å². The first-order valence-electron chi connectivity index (χ1n) is 3.27. The van der Waals surface area contributed by atoms with Crippen molar-refractivity contribution in [3.8, 4) is 0 Å². The predicted molar refractivity (Wildman–Crippen MR) is 41.9 cm³/mol. The molecule has 1 aromatic rings. The molecule has 0 aliphatic carbocycles. The fourth-order valence-corrected chi connectivity index (χ4v) is 1.36. The van der Waals surface area contributed by atoms with Gasteiger partial charge in [-0.25, -0.2) is 8.78 Å². The number of hydrogen-bond acceptors (Lipinski definition) is 1. The van der Waals surface area contributed by atoms with Crippen LogP contribution in [0, 0.1) is 6.07 Å². The highest BCUT2D eigenvalue weighted by atomic mass is 31.2. The molecule has 0 saturated carbocycles. The topological polar surface area (TPSA) is 57.5 Å². The molecular weight excluding hydrogens is 201 g/mol. The van der Waals surface area contributed by atoms with Crippen molar-refractivity contribution in [3.05, 3.63) is 29.8 Å². The Morgan fingerprint density at radius 2 is 2.08 bits per heavy atom. The summed E-state index contributed by atoms with van der Waals surface area (Å²) in [6.45, 7) is 0. The quantitative estimate of drug-likeness (QED) is 0.717. The summed E-state index contributed by atoms with van der Waals surface area (Å²) < 4.78 is 34.7. The number of hydrogen-bond donors (Lipinski definition) is 2. The number of halogens is 2. The second-order valence-electron chi connectivity index (χ2n) is 2.35. The van der Waals surface area contributed by atoms with Crippen molar-refractivity contribution < 1.29 is 23.1 Å². The van der Waals surface area contributed by atoms with Crippen molar-refractivity contribution in [1.82, 2.24) is 0 Å². The van der Waals surface area contributed by atoms with Crippen LogP contribution < -0.4 is 5.30 Å². The summed E-state index contributed by atoms with van der Waals surface area (Å²) in [4.78, 5) is 17.3. The van der Waals surface area contributed by atoms with Gasteiger partial charge < -0.3 is 9.79 Å². The van der Waals surface area contributed by atoms with Gasteiger partial charge in [0.05, 0.1) is 5.30 Å². The first-order valence-corrected chi connectivity index (χ1v) is 4.88. The van der Waals surface area contributed by atoms with Crippen molar-refractivity contribution in [3.63, 3.8) is 0 Å². The number of alkyl halides is 2. The van der Waals surface area contributed by atoms with Crippen LogP contribution in [0.3, 0.4) is 0 Å². The Labute approximate surface area is 73.2 Å². The van der Waals surface area contributed by atoms with E-state index in [1.807, 2.05) is 0 Å². The smallest absolute Gasteiger partial charge is 0.321 e. The monoisotopic (exact) mass is 207 g/mol. The van der Waals surface area contributed by atoms with E-state index < -0.39 is 24.9 Å². The highest BCUT2D eigenvalue weighted by molar-refractivity contribution is 7.60. The standard InChI is InChI=1S/C7H6F2O3P/c8-7(9)5-2-1-3-6(4-5)13(10,11)12/h1,3-4,7H,(H2,10,11,12). The predicted octanol–water partition coefficient (Wildman–Crippen LogP) is 1.23. The lowest BCUT2D eigenvalue weighted by molar-refractivity contribution is 0.151. The van der Waals surface area contributed by atoms with Gasteiger partial charge in [-0.3, -0.25) is 4.57 Å². The average molecular weight is 207 g/mol. The van der Waals surface area contributed by atoms with Crippen LogP contribution >= 0.6 is 7.60 Å². The molecule has 0 aliphatic rings. The lowest BCUT2D eigenvalue weighted by Crippen LogP contribution is -2.04. The van der Waals surface area contributed by atoms with Crippen LogP contribution in [0.4, 0.5) is 8.78 Å². The van der Waals surface area contributed by atoms with E-state index in [0.717, 1.165) is 18.2 Å². The molecule has 2 N–H and O–H groups in total. The summed E-state index contributed by atoms with van der Waals surface area (Å²) >= 11 is 0. The lowest BCUT2D eigenvalue weighted by atomic mass is 10.2. The maximum atomic E-state index is 12.1. The third kappa shape index (κ3) is 2.59. The van der Waals surface area contributed by atoms with Crippen molar-refractivity contribution in [1.29, 1.82) is 0 Å². The molecule has 3 nitrogen and oxygen atoms in total. The molecule has 0 heterocycles. The Morgan fingerprint density at radius 1 is 1.46 bits per heavy atom. The van der Waals surface area contributed by atoms with Gasteiger partial charge in [-0.05, 0) is 18.2 Å². The highest BCUT2D eigenvalue weighted by Gasteiger charge is 2.18. The fraction of sp³-hybridized carbons (Fsp3) is 0.143. The van der Waals surface area contributed by atoms with Crippen LogP contribution in [-0.4, -0.2) is 9.79 Å². The molecule has 0 aliphatic heterocycles. The molecule has 71 valence electrons. The summed E-state index contributed by atoms with van der Waals surface area (Å²) in [7, 11) is -4.44. The summed E-state index contributed by atoms with van der Waals surface area (Å²) in [5, 5.41) is -0.415. The summed E-state index contributed by atoms with van der Waals surface area (Å²) in [5.41, 5.74) is -0.513. The van der Waals surface area contributed by atoms with Crippen LogP contribution in [0.15, 0.2) is 18.2 Å². The van der Waals surface area contributed by atoms with Gasteiger partial charge in [0.2, 0.25) is 0 Å². The Kier molecular flexibility index (Phi) is 2.81. The first-order chi connectivity index (χ1) is 5.91. The van der Waals surface area contributed by atoms with Crippen LogP contribution in [-0.2, 0) is 4.57 Å². The average Bonchev–Trinajstić information content (AvgIpc) is 2.03. The Balaban J connectivity index is 3.13. The molecule has 13 heavy (non-hydrogen) atoms. The largest absolute Gasteiger partial charge is 0.356 e. The minimum atomic E-state index is -4.44. The maximum Gasteiger partial charge on any atom is 0.356 e. The van der Waals surface area contributed by atoms with Crippen LogP contribution in [0.2, 0.25) is 0 Å². The molecule has 0 aromatic heterocycles. The molecule has 6 heteroatoms. The second-order valence-corrected chi connectivity index (χ2v) is 3.95. The van der Waals surface area contributed by atoms with Crippen molar-refractivity contribution in [2.45, 2.75) is 6.43 Å². The molecule has 1 rings (SSSR count). The van der Waals surface area contributed by atoms with Crippen LogP contribution in [0.25, 0.3) is 0 Å². The molecule has 0 saturated heterocycles. The van der Waals surface area contributed by atoms with E-state index in [-0.39, 0.29) is 0 Å². The third-order valence-corrected chi connectivity index (χ3v) is 2.33. The highest BCUT2D eigenvalue weighted by Crippen LogP contribution is 2.33. The normalized spacial score (nSPS) is 12.1. The Morgan fingerprint density at radius 3 is 2.54 bits per heavy atom. The SMILES string of the molecule is O=P(O)(O)c1cc[c]c(C(F)F)c1. The third-order valence-electron chi connectivity index (χ3n) is 1.38. The van der Waals surface area contributed by atoms with E-state index in [2.05, 4.69) is 6.07 Å². The molecule has 0 amide bonds. The van der Waals surface area contributed by atoms with Gasteiger partial charge in [-0.1, -0.05) is 6.07 Å². The van der Waals surface area contributed by atoms with Gasteiger partial charge in [0.15, 0.2) is 0 Å². The lowest BCUT2D eigenvalue weighted by Gasteiger charge is -2.05. The number of benzene rings is 1. The zero-order valence-corrected chi connectivity index (χ0v) is 7.21. The summed E-state index contributed by atoms with van der Waals surface area (Å²) in [6.07, 6.45) is -2.77. The van der Waals surface area contributed by atoms with Crippen LogP contribution in [0.1, 0.15) is 12.0 Å². The molecule has 0 atom stereocenters. The fourth-order valence-electron chi connectivity index (χ4n) is 0.780. The first kappa shape index (κ1) is 10.3. The van der Waals surface area contributed by atoms with E-state index in [4.69, 9.17) is 9.79 Å². The van der Waals surface area contributed by atoms with Crippen molar-refractivity contribution in [2.24, 2.45) is 0 Å². The molecular formula is C7H6F2O3P. The minimum absolute atomic E-state index is 0.415. The molecule has 0 spiro atoms. The maximum absolute atomic E-state index is 12.1. The second kappa shape index (κ2) is 3.54. The van der Waals surface area contributed by atoms with E-state index in [9.17, 15) is 13.3 Å². The zero-order valence-electron chi connectivity index (χ0n) is 6.32. The van der Waals surface area contributed by atoms with E-state index in [1.165, 1.54) is 0 Å². The molecule has 1 aromatic carbocycles. The van der Waals surface area contributed by atoms with Gasteiger partial charge in [0.1, 0.15) is 0 Å². The van der Waals surface area contributed by atoms with E-state index in [1.54, 1.807) is 0 Å². The summed E-state index contributed by atoms with van der Waals surface area (Å²) in [5.74, 6) is 0. The van der Waals surface area contributed by atoms with Gasteiger partial charge in [0, 0.05) is 5.56 Å². The number of rotatable bonds is 2. The molecule has 0 fully saturated rings. The van der Waals surface area contributed by atoms with Gasteiger partial charge >= 0.3 is 7.60 Å². The zero-order chi connectivity index (χ0) is 10.1. The van der Waals surface area contributed by atoms with Gasteiger partial charge in [0.25, 0.3) is 6.43 Å². The van der Waals surface area contributed by atoms with Gasteiger partial charge in [-0.15, -0.1) is 0 Å². The Bertz CT molecular complexity index is 347. The molecule has 0 unspecified atom stereocenters. The summed E-state index contributed by atoms with van der Waals surface area (Å²) in [6, 6.07) is 5.07. The molecule has 1 radical (unpaired) electrons. The van der Waals surface area contributed by atoms with E-state index >= 15 is 0 Å². The van der Waals surface area contributed by atoms with E-state index in [0.29, 0.717) is 0 Å². The minimum Gasteiger partial charge on any atom is -0.321 e. The van der Waals surface area contributed by atoms with Crippen LogP contribution in [0.5, 0.6) is 0 Å².